The lowest BCUT2D eigenvalue weighted by Crippen LogP contribution is -2.42. The number of rotatable bonds is 6. The van der Waals surface area contributed by atoms with E-state index >= 15 is 0 Å². The van der Waals surface area contributed by atoms with Crippen LogP contribution in [0.15, 0.2) is 25.3 Å². The van der Waals surface area contributed by atoms with Gasteiger partial charge in [-0.25, -0.2) is 0 Å². The number of carbonyl (C=O) groups is 2. The largest absolute Gasteiger partial charge is 0.481 e. The lowest BCUT2D eigenvalue weighted by Gasteiger charge is -2.31. The Balaban J connectivity index is 2.79. The Morgan fingerprint density at radius 1 is 1.11 bits per heavy atom. The predicted molar refractivity (Wildman–Crippen MR) is 70.1 cm³/mol. The van der Waals surface area contributed by atoms with Crippen molar-refractivity contribution in [3.05, 3.63) is 25.3 Å². The zero-order valence-corrected chi connectivity index (χ0v) is 10.7. The van der Waals surface area contributed by atoms with Crippen LogP contribution in [-0.2, 0) is 9.59 Å². The second kappa shape index (κ2) is 6.99. The van der Waals surface area contributed by atoms with E-state index in [-0.39, 0.29) is 5.91 Å². The smallest absolute Gasteiger partial charge is 0.307 e. The molecule has 0 aromatic carbocycles. The Labute approximate surface area is 108 Å². The highest BCUT2D eigenvalue weighted by atomic mass is 16.4. The van der Waals surface area contributed by atoms with Gasteiger partial charge in [0, 0.05) is 13.1 Å². The summed E-state index contributed by atoms with van der Waals surface area (Å²) in [5.41, 5.74) is 0. The van der Waals surface area contributed by atoms with Gasteiger partial charge >= 0.3 is 5.97 Å². The molecule has 1 amide bonds. The Morgan fingerprint density at radius 2 is 1.61 bits per heavy atom. The molecule has 1 aliphatic rings. The molecule has 1 saturated carbocycles. The standard InChI is InChI=1S/C14H21NO3/c1-3-9-15(10-4-2)13(16)11-7-5-6-8-12(11)14(17)18/h3-4,11-12H,1-2,5-10H2,(H,17,18)/t11-,12+/m1/s1. The highest BCUT2D eigenvalue weighted by Crippen LogP contribution is 2.31. The van der Waals surface area contributed by atoms with Gasteiger partial charge in [0.1, 0.15) is 0 Å². The van der Waals surface area contributed by atoms with Crippen LogP contribution >= 0.6 is 0 Å². The molecule has 0 aliphatic heterocycles. The Morgan fingerprint density at radius 3 is 2.06 bits per heavy atom. The van der Waals surface area contributed by atoms with Crippen LogP contribution in [0.1, 0.15) is 25.7 Å². The number of amides is 1. The van der Waals surface area contributed by atoms with Gasteiger partial charge in [0.05, 0.1) is 11.8 Å². The minimum atomic E-state index is -0.856. The molecule has 0 radical (unpaired) electrons. The van der Waals surface area contributed by atoms with Crippen molar-refractivity contribution in [2.45, 2.75) is 25.7 Å². The normalized spacial score (nSPS) is 23.1. The third kappa shape index (κ3) is 3.45. The van der Waals surface area contributed by atoms with E-state index in [0.717, 1.165) is 12.8 Å². The van der Waals surface area contributed by atoms with Crippen LogP contribution in [0.3, 0.4) is 0 Å². The van der Waals surface area contributed by atoms with E-state index < -0.39 is 17.8 Å². The van der Waals surface area contributed by atoms with Crippen LogP contribution < -0.4 is 0 Å². The third-order valence-corrected chi connectivity index (χ3v) is 3.41. The maximum Gasteiger partial charge on any atom is 0.307 e. The lowest BCUT2D eigenvalue weighted by atomic mass is 9.78. The first-order valence-electron chi connectivity index (χ1n) is 6.35. The molecule has 0 unspecified atom stereocenters. The summed E-state index contributed by atoms with van der Waals surface area (Å²) in [4.78, 5) is 25.2. The topological polar surface area (TPSA) is 57.6 Å². The van der Waals surface area contributed by atoms with Crippen LogP contribution in [0, 0.1) is 11.8 Å². The van der Waals surface area contributed by atoms with Crippen molar-refractivity contribution >= 4 is 11.9 Å². The van der Waals surface area contributed by atoms with E-state index in [0.29, 0.717) is 25.9 Å². The van der Waals surface area contributed by atoms with Gasteiger partial charge in [-0.15, -0.1) is 13.2 Å². The molecular weight excluding hydrogens is 230 g/mol. The van der Waals surface area contributed by atoms with E-state index in [2.05, 4.69) is 13.2 Å². The van der Waals surface area contributed by atoms with E-state index in [1.54, 1.807) is 17.1 Å². The van der Waals surface area contributed by atoms with Gasteiger partial charge in [-0.2, -0.15) is 0 Å². The summed E-state index contributed by atoms with van der Waals surface area (Å²) in [6.07, 6.45) is 6.39. The molecular formula is C14H21NO3. The van der Waals surface area contributed by atoms with Gasteiger partial charge < -0.3 is 10.0 Å². The van der Waals surface area contributed by atoms with Crippen molar-refractivity contribution in [2.24, 2.45) is 11.8 Å². The fraction of sp³-hybridized carbons (Fsp3) is 0.571. The molecule has 1 aliphatic carbocycles. The highest BCUT2D eigenvalue weighted by Gasteiger charge is 2.37. The summed E-state index contributed by atoms with van der Waals surface area (Å²) >= 11 is 0. The molecule has 0 spiro atoms. The van der Waals surface area contributed by atoms with Crippen molar-refractivity contribution in [3.8, 4) is 0 Å². The minimum absolute atomic E-state index is 0.0816. The van der Waals surface area contributed by atoms with Gasteiger partial charge in [-0.1, -0.05) is 25.0 Å². The number of carboxylic acid groups (broad SMARTS) is 1. The number of hydrogen-bond acceptors (Lipinski definition) is 2. The predicted octanol–water partition coefficient (Wildman–Crippen LogP) is 2.08. The number of nitrogens with zero attached hydrogens (tertiary/aromatic N) is 1. The van der Waals surface area contributed by atoms with Gasteiger partial charge in [0.2, 0.25) is 5.91 Å². The number of aliphatic carboxylic acids is 1. The van der Waals surface area contributed by atoms with Crippen LogP contribution in [-0.4, -0.2) is 35.0 Å². The zero-order chi connectivity index (χ0) is 13.5. The average molecular weight is 251 g/mol. The highest BCUT2D eigenvalue weighted by molar-refractivity contribution is 5.85. The first-order chi connectivity index (χ1) is 8.61. The van der Waals surface area contributed by atoms with Crippen molar-refractivity contribution in [2.75, 3.05) is 13.1 Å². The van der Waals surface area contributed by atoms with Gasteiger partial charge in [-0.05, 0) is 12.8 Å². The molecule has 0 bridgehead atoms. The maximum atomic E-state index is 12.4. The van der Waals surface area contributed by atoms with Crippen molar-refractivity contribution < 1.29 is 14.7 Å². The van der Waals surface area contributed by atoms with Crippen LogP contribution in [0.2, 0.25) is 0 Å². The van der Waals surface area contributed by atoms with E-state index in [9.17, 15) is 14.7 Å². The second-order valence-corrected chi connectivity index (χ2v) is 4.66. The Bertz CT molecular complexity index is 328. The quantitative estimate of drug-likeness (QED) is 0.735. The summed E-state index contributed by atoms with van der Waals surface area (Å²) in [6.45, 7) is 8.12. The summed E-state index contributed by atoms with van der Waals surface area (Å²) in [5, 5.41) is 9.19. The minimum Gasteiger partial charge on any atom is -0.481 e. The molecule has 1 fully saturated rings. The summed E-state index contributed by atoms with van der Waals surface area (Å²) in [6, 6.07) is 0. The molecule has 1 N–H and O–H groups in total. The summed E-state index contributed by atoms with van der Waals surface area (Å²) in [5.74, 6) is -1.87. The molecule has 0 saturated heterocycles. The fourth-order valence-electron chi connectivity index (χ4n) is 2.52. The zero-order valence-electron chi connectivity index (χ0n) is 10.7. The number of carbonyl (C=O) groups excluding carboxylic acids is 1. The van der Waals surface area contributed by atoms with Gasteiger partial charge in [0.25, 0.3) is 0 Å². The molecule has 0 aromatic rings. The maximum absolute atomic E-state index is 12.4. The lowest BCUT2D eigenvalue weighted by molar-refractivity contribution is -0.151. The second-order valence-electron chi connectivity index (χ2n) is 4.66. The van der Waals surface area contributed by atoms with Crippen LogP contribution in [0.4, 0.5) is 0 Å². The molecule has 2 atom stereocenters. The molecule has 0 aromatic heterocycles. The molecule has 100 valence electrons. The van der Waals surface area contributed by atoms with Gasteiger partial charge in [-0.3, -0.25) is 9.59 Å². The average Bonchev–Trinajstić information content (AvgIpc) is 2.37. The summed E-state index contributed by atoms with van der Waals surface area (Å²) in [7, 11) is 0. The monoisotopic (exact) mass is 251 g/mol. The Kier molecular flexibility index (Phi) is 5.62. The van der Waals surface area contributed by atoms with Crippen LogP contribution in [0.25, 0.3) is 0 Å². The molecule has 18 heavy (non-hydrogen) atoms. The molecule has 4 heteroatoms. The van der Waals surface area contributed by atoms with E-state index in [1.165, 1.54) is 0 Å². The fourth-order valence-corrected chi connectivity index (χ4v) is 2.52. The molecule has 4 nitrogen and oxygen atoms in total. The van der Waals surface area contributed by atoms with E-state index in [1.807, 2.05) is 0 Å². The summed E-state index contributed by atoms with van der Waals surface area (Å²) < 4.78 is 0. The Hall–Kier alpha value is -1.58. The first kappa shape index (κ1) is 14.5. The van der Waals surface area contributed by atoms with Crippen molar-refractivity contribution in [1.29, 1.82) is 0 Å². The first-order valence-corrected chi connectivity index (χ1v) is 6.35. The third-order valence-electron chi connectivity index (χ3n) is 3.41. The SMILES string of the molecule is C=CCN(CC=C)C(=O)[C@@H]1CCCC[C@@H]1C(=O)O. The number of hydrogen-bond donors (Lipinski definition) is 1. The van der Waals surface area contributed by atoms with Crippen LogP contribution in [0.5, 0.6) is 0 Å². The molecule has 1 rings (SSSR count). The number of carboxylic acids is 1. The molecule has 0 heterocycles. The van der Waals surface area contributed by atoms with Crippen molar-refractivity contribution in [3.63, 3.8) is 0 Å². The van der Waals surface area contributed by atoms with E-state index in [4.69, 9.17) is 0 Å². The van der Waals surface area contributed by atoms with Gasteiger partial charge in [0.15, 0.2) is 0 Å². The van der Waals surface area contributed by atoms with Crippen molar-refractivity contribution in [1.82, 2.24) is 4.90 Å².